The van der Waals surface area contributed by atoms with Crippen molar-refractivity contribution in [2.24, 2.45) is 5.41 Å². The van der Waals surface area contributed by atoms with E-state index in [0.717, 1.165) is 23.0 Å². The van der Waals surface area contributed by atoms with Crippen molar-refractivity contribution >= 4 is 11.6 Å². The van der Waals surface area contributed by atoms with Crippen molar-refractivity contribution in [2.75, 3.05) is 17.7 Å². The number of nitrogens with one attached hydrogen (secondary N) is 2. The van der Waals surface area contributed by atoms with E-state index in [9.17, 15) is 0 Å². The molecule has 0 saturated heterocycles. The molecule has 4 heteroatoms. The molecule has 0 spiro atoms. The van der Waals surface area contributed by atoms with Gasteiger partial charge in [-0.25, -0.2) is 9.97 Å². The molecule has 1 aromatic heterocycles. The first-order chi connectivity index (χ1) is 10.0. The molecule has 1 aromatic rings. The second-order valence-electron chi connectivity index (χ2n) is 7.36. The van der Waals surface area contributed by atoms with Gasteiger partial charge in [-0.15, -0.1) is 0 Å². The highest BCUT2D eigenvalue weighted by molar-refractivity contribution is 5.58. The van der Waals surface area contributed by atoms with Crippen LogP contribution in [0.3, 0.4) is 0 Å². The van der Waals surface area contributed by atoms with Gasteiger partial charge in [0.1, 0.15) is 17.5 Å². The van der Waals surface area contributed by atoms with E-state index in [2.05, 4.69) is 36.4 Å². The summed E-state index contributed by atoms with van der Waals surface area (Å²) in [5, 5.41) is 6.97. The van der Waals surface area contributed by atoms with Gasteiger partial charge in [-0.3, -0.25) is 0 Å². The van der Waals surface area contributed by atoms with Gasteiger partial charge in [0.15, 0.2) is 0 Å². The van der Waals surface area contributed by atoms with Gasteiger partial charge in [0, 0.05) is 24.6 Å². The zero-order valence-electron chi connectivity index (χ0n) is 13.8. The quantitative estimate of drug-likeness (QED) is 0.876. The van der Waals surface area contributed by atoms with Gasteiger partial charge in [-0.05, 0) is 38.0 Å². The third-order valence-corrected chi connectivity index (χ3v) is 5.16. The molecule has 1 unspecified atom stereocenters. The van der Waals surface area contributed by atoms with Gasteiger partial charge in [-0.2, -0.15) is 0 Å². The molecule has 2 aliphatic carbocycles. The number of rotatable bonds is 4. The lowest BCUT2D eigenvalue weighted by molar-refractivity contribution is 0.216. The Kier molecular flexibility index (Phi) is 3.80. The number of anilines is 2. The van der Waals surface area contributed by atoms with Crippen molar-refractivity contribution in [3.63, 3.8) is 0 Å². The van der Waals surface area contributed by atoms with Crippen molar-refractivity contribution in [2.45, 2.75) is 71.3 Å². The van der Waals surface area contributed by atoms with Crippen molar-refractivity contribution in [1.29, 1.82) is 0 Å². The Morgan fingerprint density at radius 1 is 1.05 bits per heavy atom. The SMILES string of the molecule is CNc1nc(C2CC2)nc(NC2CCCCC2(C)C)c1C. The smallest absolute Gasteiger partial charge is 0.136 e. The fourth-order valence-corrected chi connectivity index (χ4v) is 3.37. The van der Waals surface area contributed by atoms with Gasteiger partial charge in [0.2, 0.25) is 0 Å². The molecule has 0 bridgehead atoms. The summed E-state index contributed by atoms with van der Waals surface area (Å²) in [6.45, 7) is 6.86. The second kappa shape index (κ2) is 5.47. The highest BCUT2D eigenvalue weighted by atomic mass is 15.1. The molecule has 0 aliphatic heterocycles. The summed E-state index contributed by atoms with van der Waals surface area (Å²) in [6, 6.07) is 0.511. The molecule has 2 fully saturated rings. The van der Waals surface area contributed by atoms with Crippen LogP contribution in [0.15, 0.2) is 0 Å². The van der Waals surface area contributed by atoms with Crippen LogP contribution in [0.5, 0.6) is 0 Å². The molecular formula is C17H28N4. The standard InChI is InChI=1S/C17H28N4/c1-11-14(18-4)20-16(12-8-9-12)21-15(11)19-13-7-5-6-10-17(13,2)3/h12-13H,5-10H2,1-4H3,(H2,18,19,20,21). The van der Waals surface area contributed by atoms with E-state index >= 15 is 0 Å². The van der Waals surface area contributed by atoms with Crippen molar-refractivity contribution in [1.82, 2.24) is 9.97 Å². The minimum Gasteiger partial charge on any atom is -0.373 e. The molecule has 1 atom stereocenters. The number of aromatic nitrogens is 2. The zero-order valence-corrected chi connectivity index (χ0v) is 13.8. The monoisotopic (exact) mass is 288 g/mol. The third-order valence-electron chi connectivity index (χ3n) is 5.16. The maximum absolute atomic E-state index is 4.84. The van der Waals surface area contributed by atoms with Crippen LogP contribution in [0.1, 0.15) is 69.7 Å². The van der Waals surface area contributed by atoms with Crippen LogP contribution in [0, 0.1) is 12.3 Å². The van der Waals surface area contributed by atoms with E-state index in [-0.39, 0.29) is 0 Å². The predicted octanol–water partition coefficient (Wildman–Crippen LogP) is 4.08. The second-order valence-corrected chi connectivity index (χ2v) is 7.36. The minimum atomic E-state index is 0.342. The molecule has 3 rings (SSSR count). The molecule has 4 nitrogen and oxygen atoms in total. The summed E-state index contributed by atoms with van der Waals surface area (Å²) in [6.07, 6.45) is 7.68. The lowest BCUT2D eigenvalue weighted by atomic mass is 9.73. The predicted molar refractivity (Wildman–Crippen MR) is 88.0 cm³/mol. The van der Waals surface area contributed by atoms with E-state index in [1.807, 2.05) is 7.05 Å². The number of nitrogens with zero attached hydrogens (tertiary/aromatic N) is 2. The Bertz CT molecular complexity index is 520. The molecular weight excluding hydrogens is 260 g/mol. The molecule has 0 amide bonds. The highest BCUT2D eigenvalue weighted by Gasteiger charge is 2.33. The van der Waals surface area contributed by atoms with E-state index in [1.165, 1.54) is 38.5 Å². The van der Waals surface area contributed by atoms with Crippen molar-refractivity contribution < 1.29 is 0 Å². The van der Waals surface area contributed by atoms with Crippen molar-refractivity contribution in [3.8, 4) is 0 Å². The Hall–Kier alpha value is -1.32. The first kappa shape index (κ1) is 14.6. The lowest BCUT2D eigenvalue weighted by Gasteiger charge is -2.39. The molecule has 2 N–H and O–H groups in total. The average Bonchev–Trinajstić information content (AvgIpc) is 3.27. The molecule has 2 aliphatic rings. The maximum Gasteiger partial charge on any atom is 0.136 e. The Morgan fingerprint density at radius 3 is 2.38 bits per heavy atom. The van der Waals surface area contributed by atoms with Crippen LogP contribution in [0.4, 0.5) is 11.6 Å². The Balaban J connectivity index is 1.88. The summed E-state index contributed by atoms with van der Waals surface area (Å²) in [5.74, 6) is 3.61. The summed E-state index contributed by atoms with van der Waals surface area (Å²) in [7, 11) is 1.94. The van der Waals surface area contributed by atoms with E-state index in [1.54, 1.807) is 0 Å². The summed E-state index contributed by atoms with van der Waals surface area (Å²) >= 11 is 0. The first-order valence-corrected chi connectivity index (χ1v) is 8.34. The van der Waals surface area contributed by atoms with Crippen LogP contribution in [-0.4, -0.2) is 23.1 Å². The fraction of sp³-hybridized carbons (Fsp3) is 0.765. The van der Waals surface area contributed by atoms with Gasteiger partial charge in [0.05, 0.1) is 0 Å². The minimum absolute atomic E-state index is 0.342. The number of hydrogen-bond donors (Lipinski definition) is 2. The van der Waals surface area contributed by atoms with Crippen LogP contribution < -0.4 is 10.6 Å². The molecule has 0 aromatic carbocycles. The molecule has 1 heterocycles. The van der Waals surface area contributed by atoms with Crippen LogP contribution in [0.25, 0.3) is 0 Å². The van der Waals surface area contributed by atoms with E-state index in [4.69, 9.17) is 4.98 Å². The van der Waals surface area contributed by atoms with Gasteiger partial charge < -0.3 is 10.6 Å². The topological polar surface area (TPSA) is 49.8 Å². The zero-order chi connectivity index (χ0) is 15.0. The highest BCUT2D eigenvalue weighted by Crippen LogP contribution is 2.41. The largest absolute Gasteiger partial charge is 0.373 e. The van der Waals surface area contributed by atoms with E-state index < -0.39 is 0 Å². The maximum atomic E-state index is 4.84. The summed E-state index contributed by atoms with van der Waals surface area (Å²) in [4.78, 5) is 9.52. The molecule has 0 radical (unpaired) electrons. The molecule has 116 valence electrons. The first-order valence-electron chi connectivity index (χ1n) is 8.34. The van der Waals surface area contributed by atoms with Gasteiger partial charge in [0.25, 0.3) is 0 Å². The molecule has 2 saturated carbocycles. The summed E-state index contributed by atoms with van der Waals surface area (Å²) in [5.41, 5.74) is 1.48. The average molecular weight is 288 g/mol. The third kappa shape index (κ3) is 2.99. The van der Waals surface area contributed by atoms with Gasteiger partial charge in [-0.1, -0.05) is 26.7 Å². The lowest BCUT2D eigenvalue weighted by Crippen LogP contribution is -2.39. The van der Waals surface area contributed by atoms with Crippen LogP contribution >= 0.6 is 0 Å². The van der Waals surface area contributed by atoms with Crippen LogP contribution in [-0.2, 0) is 0 Å². The molecule has 21 heavy (non-hydrogen) atoms. The fourth-order valence-electron chi connectivity index (χ4n) is 3.37. The normalized spacial score (nSPS) is 24.7. The van der Waals surface area contributed by atoms with Gasteiger partial charge >= 0.3 is 0 Å². The van der Waals surface area contributed by atoms with E-state index in [0.29, 0.717) is 17.4 Å². The number of hydrogen-bond acceptors (Lipinski definition) is 4. The Morgan fingerprint density at radius 2 is 1.76 bits per heavy atom. The Labute approximate surface area is 128 Å². The summed E-state index contributed by atoms with van der Waals surface area (Å²) < 4.78 is 0. The van der Waals surface area contributed by atoms with Crippen LogP contribution in [0.2, 0.25) is 0 Å². The van der Waals surface area contributed by atoms with Crippen molar-refractivity contribution in [3.05, 3.63) is 11.4 Å².